The number of anilines is 3. The van der Waals surface area contributed by atoms with Gasteiger partial charge in [-0.05, 0) is 37.0 Å². The van der Waals surface area contributed by atoms with Crippen molar-refractivity contribution < 1.29 is 9.59 Å². The van der Waals surface area contributed by atoms with Gasteiger partial charge in [0.1, 0.15) is 23.3 Å². The molecular weight excluding hydrogens is 570 g/mol. The molecule has 3 amide bonds. The highest BCUT2D eigenvalue weighted by Crippen LogP contribution is 2.25. The smallest absolute Gasteiger partial charge is 0.323 e. The van der Waals surface area contributed by atoms with Crippen LogP contribution in [-0.4, -0.2) is 55.8 Å². The van der Waals surface area contributed by atoms with Gasteiger partial charge in [-0.3, -0.25) is 14.4 Å². The van der Waals surface area contributed by atoms with Gasteiger partial charge in [0.15, 0.2) is 0 Å². The molecule has 0 aliphatic carbocycles. The quantitative estimate of drug-likeness (QED) is 0.135. The molecule has 4 rings (SSSR count). The standard InChI is InChI=1S/C32H39N11O2/c1-3-8-27(11-7-15-36-31-38-20-25(17-33)30(41-31)35-16-14-28(34)44)43(32(45)39-18-23-9-5-4-6-10-23)29-13-12-24(19-37-29)26-21-40-42(2)22-26/h4-6,9-10,12-13,19-22,27H,3,7-8,11,14-16,18H2,1-2H3,(H2,34,44)(H,39,45)(H2,35,36,38,41)/t27-/m0/s1. The number of pyridine rings is 1. The molecule has 0 unspecified atom stereocenters. The molecule has 13 heteroatoms. The number of nitrogens with one attached hydrogen (secondary N) is 3. The summed E-state index contributed by atoms with van der Waals surface area (Å²) in [6.45, 7) is 3.30. The number of nitrogens with two attached hydrogens (primary N) is 1. The van der Waals surface area contributed by atoms with Crippen molar-refractivity contribution >= 4 is 29.5 Å². The molecule has 0 spiro atoms. The van der Waals surface area contributed by atoms with Crippen LogP contribution in [0.3, 0.4) is 0 Å². The zero-order valence-corrected chi connectivity index (χ0v) is 25.6. The summed E-state index contributed by atoms with van der Waals surface area (Å²) < 4.78 is 1.74. The molecule has 0 radical (unpaired) electrons. The lowest BCUT2D eigenvalue weighted by Gasteiger charge is -2.31. The lowest BCUT2D eigenvalue weighted by molar-refractivity contribution is -0.117. The van der Waals surface area contributed by atoms with E-state index in [-0.39, 0.29) is 30.6 Å². The van der Waals surface area contributed by atoms with Crippen molar-refractivity contribution in [3.8, 4) is 17.2 Å². The van der Waals surface area contributed by atoms with E-state index in [1.807, 2.05) is 61.8 Å². The first-order valence-electron chi connectivity index (χ1n) is 15.0. The van der Waals surface area contributed by atoms with Crippen molar-refractivity contribution in [1.29, 1.82) is 5.26 Å². The number of hydrogen-bond acceptors (Lipinski definition) is 9. The Bertz CT molecular complexity index is 1580. The largest absolute Gasteiger partial charge is 0.370 e. The van der Waals surface area contributed by atoms with Crippen LogP contribution in [-0.2, 0) is 18.4 Å². The van der Waals surface area contributed by atoms with E-state index in [9.17, 15) is 14.9 Å². The third-order valence-corrected chi connectivity index (χ3v) is 7.10. The monoisotopic (exact) mass is 609 g/mol. The minimum Gasteiger partial charge on any atom is -0.370 e. The molecule has 3 heterocycles. The number of aromatic nitrogens is 5. The minimum atomic E-state index is -0.447. The van der Waals surface area contributed by atoms with Gasteiger partial charge in [-0.1, -0.05) is 43.7 Å². The number of nitriles is 1. The van der Waals surface area contributed by atoms with Gasteiger partial charge in [-0.15, -0.1) is 0 Å². The average Bonchev–Trinajstić information content (AvgIpc) is 3.49. The number of aryl methyl sites for hydroxylation is 1. The fourth-order valence-corrected chi connectivity index (χ4v) is 4.85. The Morgan fingerprint density at radius 3 is 2.51 bits per heavy atom. The summed E-state index contributed by atoms with van der Waals surface area (Å²) >= 11 is 0. The van der Waals surface area contributed by atoms with Gasteiger partial charge in [0, 0.05) is 62.7 Å². The lowest BCUT2D eigenvalue weighted by atomic mass is 10.0. The van der Waals surface area contributed by atoms with E-state index in [1.54, 1.807) is 22.0 Å². The van der Waals surface area contributed by atoms with Crippen LogP contribution >= 0.6 is 0 Å². The number of benzene rings is 1. The van der Waals surface area contributed by atoms with Crippen LogP contribution in [0.1, 0.15) is 50.2 Å². The van der Waals surface area contributed by atoms with Gasteiger partial charge in [-0.25, -0.2) is 14.8 Å². The van der Waals surface area contributed by atoms with Gasteiger partial charge in [-0.2, -0.15) is 15.3 Å². The first kappa shape index (κ1) is 32.4. The molecule has 0 fully saturated rings. The van der Waals surface area contributed by atoms with Crippen molar-refractivity contribution in [3.05, 3.63) is 78.4 Å². The molecule has 45 heavy (non-hydrogen) atoms. The highest BCUT2D eigenvalue weighted by molar-refractivity contribution is 5.91. The Morgan fingerprint density at radius 2 is 1.84 bits per heavy atom. The third-order valence-electron chi connectivity index (χ3n) is 7.10. The molecular formula is C32H39N11O2. The van der Waals surface area contributed by atoms with E-state index in [0.717, 1.165) is 29.5 Å². The Kier molecular flexibility index (Phi) is 11.8. The van der Waals surface area contributed by atoms with E-state index in [2.05, 4.69) is 37.9 Å². The Hall–Kier alpha value is -5.51. The van der Waals surface area contributed by atoms with Gasteiger partial charge < -0.3 is 21.7 Å². The van der Waals surface area contributed by atoms with Crippen LogP contribution in [0.15, 0.2) is 67.3 Å². The first-order valence-corrected chi connectivity index (χ1v) is 15.0. The van der Waals surface area contributed by atoms with Gasteiger partial charge in [0.05, 0.1) is 12.4 Å². The number of carbonyl (C=O) groups is 2. The topological polar surface area (TPSA) is 180 Å². The second-order valence-corrected chi connectivity index (χ2v) is 10.5. The lowest BCUT2D eigenvalue weighted by Crippen LogP contribution is -2.47. The molecule has 0 saturated carbocycles. The number of hydrogen-bond donors (Lipinski definition) is 4. The number of primary amides is 1. The maximum atomic E-state index is 13.7. The normalized spacial score (nSPS) is 11.3. The summed E-state index contributed by atoms with van der Waals surface area (Å²) in [5.41, 5.74) is 8.35. The van der Waals surface area contributed by atoms with E-state index in [0.29, 0.717) is 43.5 Å². The molecule has 0 bridgehead atoms. The summed E-state index contributed by atoms with van der Waals surface area (Å²) in [7, 11) is 1.87. The average molecular weight is 610 g/mol. The van der Waals surface area contributed by atoms with Crippen molar-refractivity contribution in [1.82, 2.24) is 30.0 Å². The summed E-state index contributed by atoms with van der Waals surface area (Å²) in [6.07, 6.45) is 10.1. The zero-order chi connectivity index (χ0) is 32.0. The minimum absolute atomic E-state index is 0.114. The van der Waals surface area contributed by atoms with Crippen molar-refractivity contribution in [3.63, 3.8) is 0 Å². The van der Waals surface area contributed by atoms with Gasteiger partial charge in [0.25, 0.3) is 0 Å². The van der Waals surface area contributed by atoms with Crippen molar-refractivity contribution in [2.75, 3.05) is 28.6 Å². The third kappa shape index (κ3) is 9.49. The highest BCUT2D eigenvalue weighted by atomic mass is 16.2. The van der Waals surface area contributed by atoms with Crippen LogP contribution in [0.5, 0.6) is 0 Å². The van der Waals surface area contributed by atoms with E-state index in [4.69, 9.17) is 10.7 Å². The summed E-state index contributed by atoms with van der Waals surface area (Å²) in [5.74, 6) is 0.814. The summed E-state index contributed by atoms with van der Waals surface area (Å²) in [5, 5.41) is 22.9. The maximum Gasteiger partial charge on any atom is 0.323 e. The second-order valence-electron chi connectivity index (χ2n) is 10.5. The van der Waals surface area contributed by atoms with E-state index >= 15 is 0 Å². The number of carbonyl (C=O) groups excluding carboxylic acids is 2. The van der Waals surface area contributed by atoms with Crippen molar-refractivity contribution in [2.45, 2.75) is 51.6 Å². The predicted molar refractivity (Wildman–Crippen MR) is 173 cm³/mol. The molecule has 0 aliphatic rings. The predicted octanol–water partition coefficient (Wildman–Crippen LogP) is 4.21. The Labute approximate surface area is 262 Å². The molecule has 13 nitrogen and oxygen atoms in total. The number of nitrogens with zero attached hydrogens (tertiary/aromatic N) is 7. The maximum absolute atomic E-state index is 13.7. The molecule has 1 aromatic carbocycles. The van der Waals surface area contributed by atoms with Gasteiger partial charge >= 0.3 is 6.03 Å². The number of rotatable bonds is 16. The van der Waals surface area contributed by atoms with Crippen molar-refractivity contribution in [2.24, 2.45) is 12.8 Å². The highest BCUT2D eigenvalue weighted by Gasteiger charge is 2.26. The molecule has 0 aliphatic heterocycles. The molecule has 3 aromatic heterocycles. The molecule has 5 N–H and O–H groups in total. The van der Waals surface area contributed by atoms with Crippen LogP contribution < -0.4 is 26.6 Å². The fourth-order valence-electron chi connectivity index (χ4n) is 4.85. The fraction of sp³-hybridized carbons (Fsp3) is 0.344. The second kappa shape index (κ2) is 16.4. The zero-order valence-electron chi connectivity index (χ0n) is 25.6. The van der Waals surface area contributed by atoms with Gasteiger partial charge in [0.2, 0.25) is 11.9 Å². The summed E-state index contributed by atoms with van der Waals surface area (Å²) in [4.78, 5) is 39.9. The first-order chi connectivity index (χ1) is 21.9. The number of amides is 3. The molecule has 4 aromatic rings. The van der Waals surface area contributed by atoms with Crippen LogP contribution in [0, 0.1) is 11.3 Å². The van der Waals surface area contributed by atoms with E-state index in [1.165, 1.54) is 6.20 Å². The summed E-state index contributed by atoms with van der Waals surface area (Å²) in [6, 6.07) is 15.3. The molecule has 1 atom stereocenters. The Morgan fingerprint density at radius 1 is 1.02 bits per heavy atom. The Balaban J connectivity index is 1.46. The van der Waals surface area contributed by atoms with Crippen LogP contribution in [0.4, 0.5) is 22.4 Å². The van der Waals surface area contributed by atoms with Crippen LogP contribution in [0.2, 0.25) is 0 Å². The van der Waals surface area contributed by atoms with Crippen LogP contribution in [0.25, 0.3) is 11.1 Å². The molecule has 0 saturated heterocycles. The van der Waals surface area contributed by atoms with E-state index < -0.39 is 5.91 Å². The SMILES string of the molecule is CCC[C@@H](CCCNc1ncc(C#N)c(NCCC(N)=O)n1)N(C(=O)NCc1ccccc1)c1ccc(-c2cnn(C)c2)cn1. The number of urea groups is 1. The molecule has 234 valence electrons.